The van der Waals surface area contributed by atoms with Crippen molar-refractivity contribution in [2.24, 2.45) is 0 Å². The first-order chi connectivity index (χ1) is 13.4. The Labute approximate surface area is 166 Å². The molecule has 0 aliphatic carbocycles. The van der Waals surface area contributed by atoms with Gasteiger partial charge in [0.1, 0.15) is 0 Å². The van der Waals surface area contributed by atoms with E-state index in [-0.39, 0.29) is 5.91 Å². The second-order valence-corrected chi connectivity index (χ2v) is 9.14. The van der Waals surface area contributed by atoms with Gasteiger partial charge in [-0.15, -0.1) is 0 Å². The SMILES string of the molecule is CC(C)c1ccc(S(=O)(=O)N2CCN(CCNC(=O)c3ccco3)CC2)cc1. The molecule has 0 radical (unpaired) electrons. The molecule has 8 heteroatoms. The topological polar surface area (TPSA) is 82.9 Å². The van der Waals surface area contributed by atoms with Crippen molar-refractivity contribution in [3.05, 3.63) is 54.0 Å². The summed E-state index contributed by atoms with van der Waals surface area (Å²) in [4.78, 5) is 14.3. The van der Waals surface area contributed by atoms with Gasteiger partial charge in [-0.3, -0.25) is 9.69 Å². The first-order valence-electron chi connectivity index (χ1n) is 9.52. The van der Waals surface area contributed by atoms with E-state index in [1.54, 1.807) is 24.3 Å². The van der Waals surface area contributed by atoms with Gasteiger partial charge in [0.2, 0.25) is 10.0 Å². The molecule has 1 aliphatic heterocycles. The molecule has 1 aromatic heterocycles. The van der Waals surface area contributed by atoms with Crippen molar-refractivity contribution in [3.8, 4) is 0 Å². The van der Waals surface area contributed by atoms with Crippen LogP contribution in [-0.2, 0) is 10.0 Å². The molecular weight excluding hydrogens is 378 g/mol. The summed E-state index contributed by atoms with van der Waals surface area (Å²) in [5.41, 5.74) is 1.13. The molecule has 0 atom stereocenters. The van der Waals surface area contributed by atoms with E-state index in [0.717, 1.165) is 5.56 Å². The summed E-state index contributed by atoms with van der Waals surface area (Å²) in [6.45, 7) is 7.49. The van der Waals surface area contributed by atoms with E-state index in [1.807, 2.05) is 12.1 Å². The summed E-state index contributed by atoms with van der Waals surface area (Å²) in [6, 6.07) is 10.4. The van der Waals surface area contributed by atoms with Crippen LogP contribution >= 0.6 is 0 Å². The summed E-state index contributed by atoms with van der Waals surface area (Å²) in [6.07, 6.45) is 1.46. The van der Waals surface area contributed by atoms with Crippen molar-refractivity contribution >= 4 is 15.9 Å². The fraction of sp³-hybridized carbons (Fsp3) is 0.450. The van der Waals surface area contributed by atoms with Crippen LogP contribution in [0.2, 0.25) is 0 Å². The monoisotopic (exact) mass is 405 g/mol. The molecule has 0 bridgehead atoms. The van der Waals surface area contributed by atoms with Gasteiger partial charge in [-0.1, -0.05) is 26.0 Å². The van der Waals surface area contributed by atoms with Crippen LogP contribution in [0.3, 0.4) is 0 Å². The lowest BCUT2D eigenvalue weighted by atomic mass is 10.0. The standard InChI is InChI=1S/C20H27N3O4S/c1-16(2)17-5-7-18(8-6-17)28(25,26)23-13-11-22(12-14-23)10-9-21-20(24)19-4-3-15-27-19/h3-8,15-16H,9-14H2,1-2H3,(H,21,24). The Bertz CT molecular complexity index is 869. The number of nitrogens with zero attached hydrogens (tertiary/aromatic N) is 2. The fourth-order valence-electron chi connectivity index (χ4n) is 3.19. The van der Waals surface area contributed by atoms with Gasteiger partial charge in [0.15, 0.2) is 5.76 Å². The molecule has 0 unspecified atom stereocenters. The van der Waals surface area contributed by atoms with Crippen LogP contribution in [0.5, 0.6) is 0 Å². The average Bonchev–Trinajstić information content (AvgIpc) is 3.23. The van der Waals surface area contributed by atoms with Gasteiger partial charge < -0.3 is 9.73 Å². The Hall–Kier alpha value is -2.16. The van der Waals surface area contributed by atoms with Crippen molar-refractivity contribution in [1.29, 1.82) is 0 Å². The highest BCUT2D eigenvalue weighted by Gasteiger charge is 2.28. The van der Waals surface area contributed by atoms with E-state index in [1.165, 1.54) is 10.6 Å². The lowest BCUT2D eigenvalue weighted by molar-refractivity contribution is 0.0917. The van der Waals surface area contributed by atoms with E-state index in [4.69, 9.17) is 4.42 Å². The highest BCUT2D eigenvalue weighted by Crippen LogP contribution is 2.21. The lowest BCUT2D eigenvalue weighted by Crippen LogP contribution is -2.50. The zero-order valence-corrected chi connectivity index (χ0v) is 17.1. The van der Waals surface area contributed by atoms with Crippen LogP contribution in [-0.4, -0.2) is 62.8 Å². The molecule has 1 N–H and O–H groups in total. The summed E-state index contributed by atoms with van der Waals surface area (Å²) in [7, 11) is -3.47. The zero-order chi connectivity index (χ0) is 20.1. The van der Waals surface area contributed by atoms with Gasteiger partial charge in [-0.2, -0.15) is 4.31 Å². The Morgan fingerprint density at radius 2 is 1.79 bits per heavy atom. The summed E-state index contributed by atoms with van der Waals surface area (Å²) < 4.78 is 32.3. The van der Waals surface area contributed by atoms with Gasteiger partial charge in [0, 0.05) is 39.3 Å². The highest BCUT2D eigenvalue weighted by molar-refractivity contribution is 7.89. The molecule has 0 spiro atoms. The van der Waals surface area contributed by atoms with Gasteiger partial charge in [0.05, 0.1) is 11.2 Å². The van der Waals surface area contributed by atoms with E-state index in [9.17, 15) is 13.2 Å². The van der Waals surface area contributed by atoms with Crippen molar-refractivity contribution < 1.29 is 17.6 Å². The molecule has 28 heavy (non-hydrogen) atoms. The third-order valence-corrected chi connectivity index (χ3v) is 6.89. The molecule has 1 fully saturated rings. The third-order valence-electron chi connectivity index (χ3n) is 4.97. The Kier molecular flexibility index (Phi) is 6.53. The molecular formula is C20H27N3O4S. The van der Waals surface area contributed by atoms with Gasteiger partial charge >= 0.3 is 0 Å². The number of hydrogen-bond acceptors (Lipinski definition) is 5. The summed E-state index contributed by atoms with van der Waals surface area (Å²) in [5, 5.41) is 2.81. The van der Waals surface area contributed by atoms with Crippen LogP contribution in [0.4, 0.5) is 0 Å². The number of sulfonamides is 1. The summed E-state index contributed by atoms with van der Waals surface area (Å²) >= 11 is 0. The maximum Gasteiger partial charge on any atom is 0.287 e. The van der Waals surface area contributed by atoms with Crippen LogP contribution in [0, 0.1) is 0 Å². The average molecular weight is 406 g/mol. The number of carbonyl (C=O) groups excluding carboxylic acids is 1. The fourth-order valence-corrected chi connectivity index (χ4v) is 4.61. The molecule has 152 valence electrons. The van der Waals surface area contributed by atoms with Crippen molar-refractivity contribution in [3.63, 3.8) is 0 Å². The predicted octanol–water partition coefficient (Wildman–Crippen LogP) is 2.14. The second-order valence-electron chi connectivity index (χ2n) is 7.20. The molecule has 1 aromatic carbocycles. The first kappa shape index (κ1) is 20.6. The molecule has 1 amide bonds. The van der Waals surface area contributed by atoms with Crippen molar-refractivity contribution in [2.75, 3.05) is 39.3 Å². The number of nitrogens with one attached hydrogen (secondary N) is 1. The number of benzene rings is 1. The minimum Gasteiger partial charge on any atom is -0.459 e. The van der Waals surface area contributed by atoms with E-state index in [2.05, 4.69) is 24.1 Å². The zero-order valence-electron chi connectivity index (χ0n) is 16.3. The Morgan fingerprint density at radius 1 is 1.11 bits per heavy atom. The minimum absolute atomic E-state index is 0.240. The van der Waals surface area contributed by atoms with E-state index in [0.29, 0.717) is 55.8 Å². The molecule has 2 heterocycles. The molecule has 7 nitrogen and oxygen atoms in total. The molecule has 1 aliphatic rings. The van der Waals surface area contributed by atoms with Crippen LogP contribution in [0.15, 0.2) is 52.0 Å². The summed E-state index contributed by atoms with van der Waals surface area (Å²) in [5.74, 6) is 0.420. The van der Waals surface area contributed by atoms with Gasteiger partial charge in [-0.05, 0) is 35.7 Å². The Morgan fingerprint density at radius 3 is 2.36 bits per heavy atom. The van der Waals surface area contributed by atoms with Crippen LogP contribution in [0.1, 0.15) is 35.9 Å². The number of piperazine rings is 1. The highest BCUT2D eigenvalue weighted by atomic mass is 32.2. The maximum absolute atomic E-state index is 12.8. The minimum atomic E-state index is -3.47. The van der Waals surface area contributed by atoms with Crippen LogP contribution in [0.25, 0.3) is 0 Å². The smallest absolute Gasteiger partial charge is 0.287 e. The largest absolute Gasteiger partial charge is 0.459 e. The van der Waals surface area contributed by atoms with E-state index < -0.39 is 10.0 Å². The number of rotatable bonds is 7. The lowest BCUT2D eigenvalue weighted by Gasteiger charge is -2.34. The normalized spacial score (nSPS) is 16.4. The van der Waals surface area contributed by atoms with Crippen molar-refractivity contribution in [1.82, 2.24) is 14.5 Å². The quantitative estimate of drug-likeness (QED) is 0.763. The predicted molar refractivity (Wildman–Crippen MR) is 107 cm³/mol. The number of carbonyl (C=O) groups is 1. The number of hydrogen-bond donors (Lipinski definition) is 1. The number of amides is 1. The molecule has 1 saturated heterocycles. The number of furan rings is 1. The molecule has 3 rings (SSSR count). The van der Waals surface area contributed by atoms with Gasteiger partial charge in [0.25, 0.3) is 5.91 Å². The first-order valence-corrected chi connectivity index (χ1v) is 11.0. The van der Waals surface area contributed by atoms with Crippen molar-refractivity contribution in [2.45, 2.75) is 24.7 Å². The Balaban J connectivity index is 1.48. The third kappa shape index (κ3) is 4.81. The second kappa shape index (κ2) is 8.89. The molecule has 2 aromatic rings. The molecule has 0 saturated carbocycles. The van der Waals surface area contributed by atoms with E-state index >= 15 is 0 Å². The van der Waals surface area contributed by atoms with Gasteiger partial charge in [-0.25, -0.2) is 8.42 Å². The van der Waals surface area contributed by atoms with Crippen LogP contribution < -0.4 is 5.32 Å². The maximum atomic E-state index is 12.8.